The van der Waals surface area contributed by atoms with Crippen molar-refractivity contribution in [3.8, 4) is 0 Å². The summed E-state index contributed by atoms with van der Waals surface area (Å²) in [4.78, 5) is 12.8. The molecule has 1 saturated heterocycles. The SMILES string of the molecule is CC/C=C\C/C=C\C/C=C\C/C=C\C/C=C\C/C=C\C/C=C\CCCCCC(=O)OC(COCCCCCCCC/C=C\C/C=C\CCCCC)COC1OC(CO)C(O)C(O)C1O. The van der Waals surface area contributed by atoms with E-state index >= 15 is 0 Å². The Hall–Kier alpha value is -3.15. The Morgan fingerprint density at radius 1 is 0.516 bits per heavy atom. The molecule has 1 aliphatic heterocycles. The maximum absolute atomic E-state index is 12.8. The average Bonchev–Trinajstić information content (AvgIpc) is 3.30. The monoisotopic (exact) mass is 895 g/mol. The van der Waals surface area contributed by atoms with Gasteiger partial charge in [0.2, 0.25) is 0 Å². The molecule has 0 bridgehead atoms. The molecule has 0 aromatic rings. The van der Waals surface area contributed by atoms with Crippen molar-refractivity contribution in [1.29, 1.82) is 0 Å². The lowest BCUT2D eigenvalue weighted by atomic mass is 9.99. The average molecular weight is 895 g/mol. The topological polar surface area (TPSA) is 135 Å². The first-order valence-corrected chi connectivity index (χ1v) is 25.0. The zero-order valence-electron chi connectivity index (χ0n) is 40.0. The van der Waals surface area contributed by atoms with Crippen LogP contribution in [0.1, 0.15) is 168 Å². The highest BCUT2D eigenvalue weighted by Gasteiger charge is 2.44. The predicted octanol–water partition coefficient (Wildman–Crippen LogP) is 12.1. The van der Waals surface area contributed by atoms with Gasteiger partial charge in [-0.05, 0) is 103 Å². The van der Waals surface area contributed by atoms with Crippen LogP contribution in [0.4, 0.5) is 0 Å². The number of allylic oxidation sites excluding steroid dienone is 18. The number of hydrogen-bond donors (Lipinski definition) is 4. The van der Waals surface area contributed by atoms with Gasteiger partial charge in [0.05, 0.1) is 19.8 Å². The largest absolute Gasteiger partial charge is 0.457 e. The molecule has 6 unspecified atom stereocenters. The van der Waals surface area contributed by atoms with E-state index in [2.05, 4.69) is 123 Å². The number of ether oxygens (including phenoxy) is 4. The molecular formula is C55H90O9. The van der Waals surface area contributed by atoms with Gasteiger partial charge in [0.25, 0.3) is 0 Å². The lowest BCUT2D eigenvalue weighted by Gasteiger charge is -2.39. The van der Waals surface area contributed by atoms with Gasteiger partial charge in [0, 0.05) is 13.0 Å². The van der Waals surface area contributed by atoms with E-state index in [1.54, 1.807) is 0 Å². The van der Waals surface area contributed by atoms with Crippen LogP contribution in [-0.4, -0.2) is 89.6 Å². The summed E-state index contributed by atoms with van der Waals surface area (Å²) in [6.45, 7) is 4.33. The molecule has 0 spiro atoms. The van der Waals surface area contributed by atoms with E-state index in [-0.39, 0.29) is 25.6 Å². The minimum absolute atomic E-state index is 0.116. The Labute approximate surface area is 389 Å². The van der Waals surface area contributed by atoms with Crippen molar-refractivity contribution in [3.63, 3.8) is 0 Å². The molecule has 1 aliphatic rings. The number of hydrogen-bond acceptors (Lipinski definition) is 9. The first-order chi connectivity index (χ1) is 31.4. The summed E-state index contributed by atoms with van der Waals surface area (Å²) in [7, 11) is 0. The number of unbranched alkanes of at least 4 members (excludes halogenated alkanes) is 12. The predicted molar refractivity (Wildman–Crippen MR) is 265 cm³/mol. The highest BCUT2D eigenvalue weighted by Crippen LogP contribution is 2.22. The molecule has 0 aliphatic carbocycles. The zero-order valence-corrected chi connectivity index (χ0v) is 40.0. The van der Waals surface area contributed by atoms with Gasteiger partial charge in [-0.3, -0.25) is 4.79 Å². The fourth-order valence-corrected chi connectivity index (χ4v) is 6.79. The summed E-state index contributed by atoms with van der Waals surface area (Å²) < 4.78 is 22.8. The van der Waals surface area contributed by atoms with Crippen molar-refractivity contribution >= 4 is 5.97 Å². The van der Waals surface area contributed by atoms with Crippen LogP contribution in [0.25, 0.3) is 0 Å². The fraction of sp³-hybridized carbons (Fsp3) is 0.655. The number of carbonyl (C=O) groups excluding carboxylic acids is 1. The summed E-state index contributed by atoms with van der Waals surface area (Å²) in [6, 6.07) is 0. The summed E-state index contributed by atoms with van der Waals surface area (Å²) in [5, 5.41) is 40.2. The molecule has 4 N–H and O–H groups in total. The molecule has 364 valence electrons. The minimum Gasteiger partial charge on any atom is -0.457 e. The second-order valence-electron chi connectivity index (χ2n) is 16.5. The molecule has 0 radical (unpaired) electrons. The Balaban J connectivity index is 2.28. The van der Waals surface area contributed by atoms with Gasteiger partial charge in [-0.2, -0.15) is 0 Å². The highest BCUT2D eigenvalue weighted by atomic mass is 16.7. The molecule has 9 nitrogen and oxygen atoms in total. The molecule has 1 rings (SSSR count). The molecule has 1 heterocycles. The molecule has 0 aromatic carbocycles. The van der Waals surface area contributed by atoms with Crippen LogP contribution < -0.4 is 0 Å². The van der Waals surface area contributed by atoms with Crippen LogP contribution in [-0.2, 0) is 23.7 Å². The van der Waals surface area contributed by atoms with Gasteiger partial charge in [0.15, 0.2) is 6.29 Å². The lowest BCUT2D eigenvalue weighted by molar-refractivity contribution is -0.305. The van der Waals surface area contributed by atoms with Gasteiger partial charge < -0.3 is 39.4 Å². The van der Waals surface area contributed by atoms with Crippen LogP contribution >= 0.6 is 0 Å². The van der Waals surface area contributed by atoms with Gasteiger partial charge in [-0.15, -0.1) is 0 Å². The Morgan fingerprint density at radius 2 is 0.953 bits per heavy atom. The fourth-order valence-electron chi connectivity index (χ4n) is 6.79. The molecule has 64 heavy (non-hydrogen) atoms. The quantitative estimate of drug-likeness (QED) is 0.0269. The Morgan fingerprint density at radius 3 is 1.44 bits per heavy atom. The zero-order chi connectivity index (χ0) is 46.4. The van der Waals surface area contributed by atoms with Crippen molar-refractivity contribution in [2.45, 2.75) is 205 Å². The van der Waals surface area contributed by atoms with Crippen molar-refractivity contribution in [2.24, 2.45) is 0 Å². The molecule has 1 fully saturated rings. The minimum atomic E-state index is -1.55. The summed E-state index contributed by atoms with van der Waals surface area (Å²) in [5.41, 5.74) is 0. The van der Waals surface area contributed by atoms with E-state index in [4.69, 9.17) is 18.9 Å². The number of carbonyl (C=O) groups is 1. The second kappa shape index (κ2) is 45.0. The molecule has 6 atom stereocenters. The molecular weight excluding hydrogens is 805 g/mol. The van der Waals surface area contributed by atoms with Crippen LogP contribution in [0.15, 0.2) is 109 Å². The standard InChI is InChI=1S/C55H90O9/c1-3-5-7-9-11-13-15-17-19-21-22-23-24-25-26-27-28-29-30-32-34-36-38-40-42-44-51(57)63-49(48-62-55-54(60)53(59)52(58)50(46-56)64-55)47-61-45-43-41-39-37-35-33-31-20-18-16-14-12-10-8-6-4-2/h5,7,11-14,17-20,22-23,25-26,28-29,32,34,49-50,52-56,58-60H,3-4,6,8-10,15-16,21,24,27,30-31,33,35-48H2,1-2H3/b7-5-,13-11-,14-12-,19-17-,20-18-,23-22-,26-25-,29-28-,34-32-. The highest BCUT2D eigenvalue weighted by molar-refractivity contribution is 5.69. The van der Waals surface area contributed by atoms with Gasteiger partial charge in [-0.1, -0.05) is 168 Å². The van der Waals surface area contributed by atoms with Crippen LogP contribution in [0.3, 0.4) is 0 Å². The van der Waals surface area contributed by atoms with Crippen LogP contribution in [0.2, 0.25) is 0 Å². The van der Waals surface area contributed by atoms with Gasteiger partial charge in [-0.25, -0.2) is 0 Å². The normalized spacial score (nSPS) is 20.5. The van der Waals surface area contributed by atoms with Crippen LogP contribution in [0, 0.1) is 0 Å². The van der Waals surface area contributed by atoms with Gasteiger partial charge >= 0.3 is 5.97 Å². The van der Waals surface area contributed by atoms with Crippen molar-refractivity contribution in [3.05, 3.63) is 109 Å². The summed E-state index contributed by atoms with van der Waals surface area (Å²) in [5.74, 6) is -0.354. The van der Waals surface area contributed by atoms with E-state index in [0.29, 0.717) is 13.0 Å². The molecule has 0 aromatic heterocycles. The number of esters is 1. The molecule has 9 heteroatoms. The Bertz CT molecular complexity index is 1340. The first-order valence-electron chi connectivity index (χ1n) is 25.0. The maximum Gasteiger partial charge on any atom is 0.306 e. The third-order valence-electron chi connectivity index (χ3n) is 10.7. The molecule has 0 amide bonds. The summed E-state index contributed by atoms with van der Waals surface area (Å²) in [6.07, 6.45) is 56.8. The van der Waals surface area contributed by atoms with E-state index < -0.39 is 43.4 Å². The molecule has 0 saturated carbocycles. The second-order valence-corrected chi connectivity index (χ2v) is 16.5. The summed E-state index contributed by atoms with van der Waals surface area (Å²) >= 11 is 0. The van der Waals surface area contributed by atoms with E-state index in [1.807, 2.05) is 0 Å². The van der Waals surface area contributed by atoms with E-state index in [0.717, 1.165) is 96.3 Å². The first kappa shape index (κ1) is 58.9. The Kier molecular flexibility index (Phi) is 41.4. The third kappa shape index (κ3) is 35.2. The number of aliphatic hydroxyl groups is 4. The van der Waals surface area contributed by atoms with Crippen molar-refractivity contribution in [2.75, 3.05) is 26.4 Å². The van der Waals surface area contributed by atoms with Gasteiger partial charge in [0.1, 0.15) is 30.5 Å². The maximum atomic E-state index is 12.8. The number of aliphatic hydroxyl groups excluding tert-OH is 4. The van der Waals surface area contributed by atoms with E-state index in [9.17, 15) is 25.2 Å². The van der Waals surface area contributed by atoms with Crippen molar-refractivity contribution < 1.29 is 44.2 Å². The van der Waals surface area contributed by atoms with E-state index in [1.165, 1.54) is 44.9 Å². The number of rotatable bonds is 41. The smallest absolute Gasteiger partial charge is 0.306 e. The van der Waals surface area contributed by atoms with Crippen LogP contribution in [0.5, 0.6) is 0 Å². The lowest BCUT2D eigenvalue weighted by Crippen LogP contribution is -2.59. The van der Waals surface area contributed by atoms with Crippen molar-refractivity contribution in [1.82, 2.24) is 0 Å². The third-order valence-corrected chi connectivity index (χ3v) is 10.7.